The van der Waals surface area contributed by atoms with Gasteiger partial charge in [0.2, 0.25) is 11.8 Å². The molecule has 2 amide bonds. The van der Waals surface area contributed by atoms with Gasteiger partial charge < -0.3 is 10.2 Å². The normalized spacial score (nSPS) is 12.5. The maximum Gasteiger partial charge on any atom is 0.416 e. The van der Waals surface area contributed by atoms with E-state index < -0.39 is 46.2 Å². The van der Waals surface area contributed by atoms with Crippen molar-refractivity contribution in [1.29, 1.82) is 0 Å². The third-order valence-corrected chi connectivity index (χ3v) is 7.98. The Labute approximate surface area is 226 Å². The number of hydrogen-bond donors (Lipinski definition) is 1. The van der Waals surface area contributed by atoms with Gasteiger partial charge in [-0.2, -0.15) is 13.2 Å². The van der Waals surface area contributed by atoms with Crippen LogP contribution < -0.4 is 9.62 Å². The number of alkyl halides is 3. The van der Waals surface area contributed by atoms with Gasteiger partial charge in [-0.1, -0.05) is 48.5 Å². The lowest BCUT2D eigenvalue weighted by molar-refractivity contribution is -0.139. The van der Waals surface area contributed by atoms with E-state index in [2.05, 4.69) is 5.32 Å². The Bertz CT molecular complexity index is 1410. The highest BCUT2D eigenvalue weighted by molar-refractivity contribution is 7.92. The highest BCUT2D eigenvalue weighted by Gasteiger charge is 2.35. The zero-order chi connectivity index (χ0) is 28.8. The summed E-state index contributed by atoms with van der Waals surface area (Å²) >= 11 is 0. The summed E-state index contributed by atoms with van der Waals surface area (Å²) in [5.74, 6) is -1.20. The van der Waals surface area contributed by atoms with Crippen LogP contribution in [0.1, 0.15) is 30.5 Å². The summed E-state index contributed by atoms with van der Waals surface area (Å²) < 4.78 is 68.5. The molecular weight excluding hydrogens is 531 g/mol. The lowest BCUT2D eigenvalue weighted by Gasteiger charge is -2.32. The predicted molar refractivity (Wildman–Crippen MR) is 142 cm³/mol. The molecule has 3 aromatic carbocycles. The third-order valence-electron chi connectivity index (χ3n) is 6.19. The van der Waals surface area contributed by atoms with Crippen LogP contribution in [0.5, 0.6) is 0 Å². The van der Waals surface area contributed by atoms with Crippen molar-refractivity contribution in [3.05, 3.63) is 95.6 Å². The maximum absolute atomic E-state index is 13.8. The molecule has 0 fully saturated rings. The molecular formula is C28H30F3N3O4S. The van der Waals surface area contributed by atoms with Crippen LogP contribution in [0.4, 0.5) is 18.9 Å². The number of nitrogens with one attached hydrogen (secondary N) is 1. The van der Waals surface area contributed by atoms with Gasteiger partial charge in [0.25, 0.3) is 10.0 Å². The number of anilines is 1. The Balaban J connectivity index is 2.09. The molecule has 11 heteroatoms. The van der Waals surface area contributed by atoms with Gasteiger partial charge in [0, 0.05) is 13.1 Å². The molecule has 3 aromatic rings. The van der Waals surface area contributed by atoms with E-state index in [1.54, 1.807) is 25.1 Å². The Morgan fingerprint density at radius 2 is 1.59 bits per heavy atom. The molecule has 0 aromatic heterocycles. The fraction of sp³-hybridized carbons (Fsp3) is 0.286. The summed E-state index contributed by atoms with van der Waals surface area (Å²) in [6.07, 6.45) is -4.73. The average molecular weight is 562 g/mol. The van der Waals surface area contributed by atoms with E-state index in [0.29, 0.717) is 16.9 Å². The number of hydrogen-bond acceptors (Lipinski definition) is 4. The maximum atomic E-state index is 13.8. The Morgan fingerprint density at radius 3 is 2.21 bits per heavy atom. The number of likely N-dealkylation sites (N-methyl/N-ethyl adjacent to an activating group) is 1. The molecule has 1 atom stereocenters. The fourth-order valence-electron chi connectivity index (χ4n) is 3.96. The molecule has 0 heterocycles. The number of carbonyl (C=O) groups excluding carboxylic acids is 2. The van der Waals surface area contributed by atoms with Crippen LogP contribution in [0.3, 0.4) is 0 Å². The second kappa shape index (κ2) is 12.3. The minimum absolute atomic E-state index is 0.00831. The zero-order valence-corrected chi connectivity index (χ0v) is 22.6. The van der Waals surface area contributed by atoms with Crippen molar-refractivity contribution in [3.8, 4) is 0 Å². The lowest BCUT2D eigenvalue weighted by atomic mass is 10.1. The van der Waals surface area contributed by atoms with Crippen LogP contribution in [0.2, 0.25) is 0 Å². The van der Waals surface area contributed by atoms with Gasteiger partial charge in [0.15, 0.2) is 0 Å². The van der Waals surface area contributed by atoms with E-state index in [1.807, 2.05) is 19.1 Å². The van der Waals surface area contributed by atoms with E-state index >= 15 is 0 Å². The smallest absolute Gasteiger partial charge is 0.355 e. The van der Waals surface area contributed by atoms with Crippen molar-refractivity contribution in [2.24, 2.45) is 0 Å². The summed E-state index contributed by atoms with van der Waals surface area (Å²) in [4.78, 5) is 27.5. The molecule has 0 saturated heterocycles. The topological polar surface area (TPSA) is 86.8 Å². The molecule has 0 spiro atoms. The first kappa shape index (κ1) is 29.7. The molecule has 208 valence electrons. The number of halogens is 3. The predicted octanol–water partition coefficient (Wildman–Crippen LogP) is 4.76. The Kier molecular flexibility index (Phi) is 9.39. The lowest BCUT2D eigenvalue weighted by Crippen LogP contribution is -2.51. The molecule has 0 bridgehead atoms. The van der Waals surface area contributed by atoms with E-state index in [4.69, 9.17) is 0 Å². The summed E-state index contributed by atoms with van der Waals surface area (Å²) in [5, 5.41) is 2.66. The molecule has 3 rings (SSSR count). The number of carbonyl (C=O) groups is 2. The average Bonchev–Trinajstić information content (AvgIpc) is 2.91. The van der Waals surface area contributed by atoms with Crippen molar-refractivity contribution in [1.82, 2.24) is 10.2 Å². The van der Waals surface area contributed by atoms with Gasteiger partial charge in [-0.15, -0.1) is 0 Å². The first-order valence-electron chi connectivity index (χ1n) is 12.2. The van der Waals surface area contributed by atoms with Crippen LogP contribution in [-0.2, 0) is 32.3 Å². The number of sulfonamides is 1. The number of rotatable bonds is 10. The first-order chi connectivity index (χ1) is 18.4. The molecule has 0 saturated carbocycles. The second-order valence-corrected chi connectivity index (χ2v) is 10.8. The number of benzene rings is 3. The SMILES string of the molecule is CCNC(=O)C(C)N(Cc1ccccc1C)C(=O)CN(c1cccc(C(F)(F)F)c1)S(=O)(=O)c1ccccc1. The summed E-state index contributed by atoms with van der Waals surface area (Å²) in [6, 6.07) is 17.1. The quantitative estimate of drug-likeness (QED) is 0.387. The van der Waals surface area contributed by atoms with Gasteiger partial charge in [0.1, 0.15) is 12.6 Å². The summed E-state index contributed by atoms with van der Waals surface area (Å²) in [6.45, 7) is 4.55. The zero-order valence-electron chi connectivity index (χ0n) is 21.8. The van der Waals surface area contributed by atoms with E-state index in [0.717, 1.165) is 23.3 Å². The molecule has 1 N–H and O–H groups in total. The third kappa shape index (κ3) is 7.17. The van der Waals surface area contributed by atoms with Crippen LogP contribution in [0.25, 0.3) is 0 Å². The molecule has 7 nitrogen and oxygen atoms in total. The minimum atomic E-state index is -4.73. The van der Waals surface area contributed by atoms with Crippen LogP contribution >= 0.6 is 0 Å². The van der Waals surface area contributed by atoms with Crippen molar-refractivity contribution in [3.63, 3.8) is 0 Å². The summed E-state index contributed by atoms with van der Waals surface area (Å²) in [5.41, 5.74) is 0.195. The number of amides is 2. The highest BCUT2D eigenvalue weighted by Crippen LogP contribution is 2.33. The van der Waals surface area contributed by atoms with Crippen LogP contribution in [0, 0.1) is 6.92 Å². The molecule has 1 unspecified atom stereocenters. The Hall–Kier alpha value is -3.86. The number of nitrogens with zero attached hydrogens (tertiary/aromatic N) is 2. The highest BCUT2D eigenvalue weighted by atomic mass is 32.2. The minimum Gasteiger partial charge on any atom is -0.355 e. The van der Waals surface area contributed by atoms with Crippen molar-refractivity contribution in [2.45, 2.75) is 44.4 Å². The number of aryl methyl sites for hydroxylation is 1. The first-order valence-corrected chi connectivity index (χ1v) is 13.7. The second-order valence-electron chi connectivity index (χ2n) is 8.89. The largest absolute Gasteiger partial charge is 0.416 e. The summed E-state index contributed by atoms with van der Waals surface area (Å²) in [7, 11) is -4.46. The van der Waals surface area contributed by atoms with Crippen molar-refractivity contribution >= 4 is 27.5 Å². The Morgan fingerprint density at radius 1 is 0.949 bits per heavy atom. The van der Waals surface area contributed by atoms with Gasteiger partial charge in [0.05, 0.1) is 16.1 Å². The van der Waals surface area contributed by atoms with Crippen LogP contribution in [0.15, 0.2) is 83.8 Å². The van der Waals surface area contributed by atoms with Crippen molar-refractivity contribution < 1.29 is 31.2 Å². The van der Waals surface area contributed by atoms with Gasteiger partial charge in [-0.25, -0.2) is 8.42 Å². The monoisotopic (exact) mass is 561 g/mol. The van der Waals surface area contributed by atoms with Gasteiger partial charge in [-0.05, 0) is 62.2 Å². The van der Waals surface area contributed by atoms with Gasteiger partial charge in [-0.3, -0.25) is 13.9 Å². The molecule has 39 heavy (non-hydrogen) atoms. The van der Waals surface area contributed by atoms with Crippen LogP contribution in [-0.4, -0.2) is 44.3 Å². The molecule has 0 aliphatic rings. The standard InChI is InChI=1S/C28H30F3N3O4S/c1-4-32-27(36)21(3)33(18-22-12-9-8-11-20(22)2)26(35)19-34(39(37,38)25-15-6-5-7-16-25)24-14-10-13-23(17-24)28(29,30)31/h5-17,21H,4,18-19H2,1-3H3,(H,32,36). The van der Waals surface area contributed by atoms with Crippen molar-refractivity contribution in [2.75, 3.05) is 17.4 Å². The van der Waals surface area contributed by atoms with E-state index in [9.17, 15) is 31.2 Å². The molecule has 0 radical (unpaired) electrons. The fourth-order valence-corrected chi connectivity index (χ4v) is 5.39. The van der Waals surface area contributed by atoms with E-state index in [1.165, 1.54) is 42.2 Å². The van der Waals surface area contributed by atoms with Gasteiger partial charge >= 0.3 is 6.18 Å². The molecule has 0 aliphatic carbocycles. The molecule has 0 aliphatic heterocycles. The van der Waals surface area contributed by atoms with E-state index in [-0.39, 0.29) is 17.1 Å².